The first-order chi connectivity index (χ1) is 29.8. The zero-order valence-corrected chi connectivity index (χ0v) is 34.8. The number of nitrogens with zero attached hydrogens (tertiary/aromatic N) is 8. The maximum absolute atomic E-state index is 13.1. The molecule has 4 aromatic heterocycles. The van der Waals surface area contributed by atoms with E-state index in [0.29, 0.717) is 34.0 Å². The molecule has 4 aliphatic rings. The number of aliphatic hydroxyl groups excluding tert-OH is 6. The Labute approximate surface area is 363 Å². The van der Waals surface area contributed by atoms with Gasteiger partial charge in [-0.3, -0.25) is 9.59 Å². The number of aromatic nitrogens is 8. The van der Waals surface area contributed by atoms with Crippen LogP contribution in [0.4, 0.5) is 16.4 Å². The lowest BCUT2D eigenvalue weighted by molar-refractivity contribution is -0.126. The predicted molar refractivity (Wildman–Crippen MR) is 221 cm³/mol. The molecule has 25 heteroatoms. The van der Waals surface area contributed by atoms with E-state index in [4.69, 9.17) is 33.4 Å². The number of urea groups is 1. The Morgan fingerprint density at radius 1 is 0.565 bits per heavy atom. The van der Waals surface area contributed by atoms with Crippen LogP contribution in [0.1, 0.15) is 76.3 Å². The lowest BCUT2D eigenvalue weighted by atomic mass is 9.90. The third kappa shape index (κ3) is 9.16. The molecular weight excluding hydrogens is 855 g/mol. The molecule has 0 unspecified atom stereocenters. The second-order valence-corrected chi connectivity index (χ2v) is 17.2. The van der Waals surface area contributed by atoms with Gasteiger partial charge in [0.25, 0.3) is 0 Å². The van der Waals surface area contributed by atoms with E-state index in [-0.39, 0.29) is 53.6 Å². The predicted octanol–water partition coefficient (Wildman–Crippen LogP) is -0.994. The van der Waals surface area contributed by atoms with Crippen molar-refractivity contribution in [2.24, 2.45) is 0 Å². The van der Waals surface area contributed by atoms with Crippen molar-refractivity contribution in [3.63, 3.8) is 0 Å². The molecule has 0 saturated heterocycles. The van der Waals surface area contributed by atoms with Crippen molar-refractivity contribution >= 4 is 75.0 Å². The van der Waals surface area contributed by atoms with Gasteiger partial charge in [-0.1, -0.05) is 0 Å². The van der Waals surface area contributed by atoms with E-state index in [1.807, 2.05) is 0 Å². The Kier molecular flexibility index (Phi) is 13.1. The maximum Gasteiger partial charge on any atom is 0.315 e. The number of nitrogens with one attached hydrogen (secondary N) is 6. The van der Waals surface area contributed by atoms with Crippen LogP contribution in [0.15, 0.2) is 12.7 Å². The highest BCUT2D eigenvalue weighted by Crippen LogP contribution is 2.37. The Morgan fingerprint density at radius 2 is 0.935 bits per heavy atom. The number of aliphatic hydroxyl groups is 6. The standard InChI is InChI=1S/C37H50Cl2N14O9/c38-35-48-31(25-33(50-35)52(13-40-25)21-9-19(27(58)29(21)60)46-23(56)11-54)42-15-1-5-17(6-2-15)44-37(62)45-18-7-3-16(4-8-18)43-32-26-34(51-36(39)49-32)53(14-41-26)22-10-20(28(59)30(22)61)47-24(57)12-55/h13-22,27-30,54-55,58-61H,1-12H2,(H,46,56)(H,47,57)(H,42,48,50)(H,43,49,51)(H2,44,45,62)/t15?,16?,17?,18?,19-,20-,21+,22+,27+,28+,29-,30-/m0/s1. The van der Waals surface area contributed by atoms with Crippen LogP contribution in [0.5, 0.6) is 0 Å². The summed E-state index contributed by atoms with van der Waals surface area (Å²) < 4.78 is 3.22. The summed E-state index contributed by atoms with van der Waals surface area (Å²) in [6.45, 7) is -1.48. The van der Waals surface area contributed by atoms with E-state index in [1.165, 1.54) is 12.7 Å². The number of hydrogen-bond donors (Lipinski definition) is 12. The molecule has 0 aliphatic heterocycles. The van der Waals surface area contributed by atoms with Crippen molar-refractivity contribution in [2.45, 2.75) is 137 Å². The Morgan fingerprint density at radius 3 is 1.31 bits per heavy atom. The summed E-state index contributed by atoms with van der Waals surface area (Å²) >= 11 is 12.7. The number of fused-ring (bicyclic) bond motifs is 2. The number of carbonyl (C=O) groups excluding carboxylic acids is 3. The summed E-state index contributed by atoms with van der Waals surface area (Å²) in [4.78, 5) is 63.0. The SMILES string of the molecule is O=C(CO)N[C@H]1C[C@@H](n2cnc3c(NC4CCC(NC(=O)NC5CCC(Nc6nc(Cl)nc7c6ncn7[C@@H]6C[C@H](NC(=O)CO)[C@@H](O)[C@H]6O)CC5)CC4)nc(Cl)nc32)[C@H](O)[C@@H]1O. The van der Waals surface area contributed by atoms with Crippen molar-refractivity contribution in [2.75, 3.05) is 23.8 Å². The number of imidazole rings is 2. The van der Waals surface area contributed by atoms with Crippen LogP contribution in [-0.4, -0.2) is 161 Å². The second-order valence-electron chi connectivity index (χ2n) is 16.6. The number of anilines is 2. The first-order valence-corrected chi connectivity index (χ1v) is 21.5. The quantitative estimate of drug-likeness (QED) is 0.0759. The summed E-state index contributed by atoms with van der Waals surface area (Å²) in [6.07, 6.45) is 4.13. The average Bonchev–Trinajstić information content (AvgIpc) is 4.00. The molecule has 23 nitrogen and oxygen atoms in total. The van der Waals surface area contributed by atoms with Crippen LogP contribution in [0.2, 0.25) is 10.6 Å². The van der Waals surface area contributed by atoms with Gasteiger partial charge in [-0.05, 0) is 87.4 Å². The topological polar surface area (TPSA) is 332 Å². The largest absolute Gasteiger partial charge is 0.388 e. The molecule has 4 aliphatic carbocycles. The van der Waals surface area contributed by atoms with Gasteiger partial charge in [0.1, 0.15) is 37.6 Å². The summed E-state index contributed by atoms with van der Waals surface area (Å²) in [5, 5.41) is 79.0. The number of amides is 4. The summed E-state index contributed by atoms with van der Waals surface area (Å²) in [7, 11) is 0. The van der Waals surface area contributed by atoms with Gasteiger partial charge in [-0.25, -0.2) is 14.8 Å². The van der Waals surface area contributed by atoms with E-state index in [0.717, 1.165) is 51.4 Å². The molecule has 4 saturated carbocycles. The first-order valence-electron chi connectivity index (χ1n) is 20.7. The molecule has 0 aromatic carbocycles. The molecule has 8 rings (SSSR count). The van der Waals surface area contributed by atoms with Gasteiger partial charge in [0.05, 0.1) is 36.8 Å². The maximum atomic E-state index is 13.1. The molecular formula is C37H50Cl2N14O9. The normalized spacial score (nSPS) is 31.2. The van der Waals surface area contributed by atoms with Crippen molar-refractivity contribution in [1.82, 2.24) is 60.3 Å². The fourth-order valence-corrected chi connectivity index (χ4v) is 9.72. The number of carbonyl (C=O) groups is 3. The minimum Gasteiger partial charge on any atom is -0.388 e. The van der Waals surface area contributed by atoms with Gasteiger partial charge in [-0.15, -0.1) is 0 Å². The zero-order valence-electron chi connectivity index (χ0n) is 33.3. The van der Waals surface area contributed by atoms with E-state index in [1.54, 1.807) is 9.13 Å². The van der Waals surface area contributed by atoms with Gasteiger partial charge in [0.2, 0.25) is 22.4 Å². The highest BCUT2D eigenvalue weighted by atomic mass is 35.5. The van der Waals surface area contributed by atoms with Crippen molar-refractivity contribution < 1.29 is 45.0 Å². The third-order valence-electron chi connectivity index (χ3n) is 12.6. The van der Waals surface area contributed by atoms with E-state index >= 15 is 0 Å². The summed E-state index contributed by atoms with van der Waals surface area (Å²) in [6, 6.07) is -3.17. The molecule has 0 bridgehead atoms. The van der Waals surface area contributed by atoms with Crippen LogP contribution in [0, 0.1) is 0 Å². The number of halogens is 2. The Balaban J connectivity index is 0.802. The van der Waals surface area contributed by atoms with Crippen LogP contribution in [0.3, 0.4) is 0 Å². The first kappa shape index (κ1) is 43.9. The molecule has 12 N–H and O–H groups in total. The lowest BCUT2D eigenvalue weighted by Gasteiger charge is -2.32. The average molecular weight is 906 g/mol. The van der Waals surface area contributed by atoms with Gasteiger partial charge in [0, 0.05) is 24.2 Å². The van der Waals surface area contributed by atoms with Gasteiger partial charge in [0.15, 0.2) is 34.0 Å². The highest BCUT2D eigenvalue weighted by Gasteiger charge is 2.45. The fourth-order valence-electron chi connectivity index (χ4n) is 9.39. The fraction of sp³-hybridized carbons (Fsp3) is 0.649. The van der Waals surface area contributed by atoms with Crippen molar-refractivity contribution in [3.8, 4) is 0 Å². The Bertz CT molecular complexity index is 2120. The smallest absolute Gasteiger partial charge is 0.315 e. The molecule has 62 heavy (non-hydrogen) atoms. The van der Waals surface area contributed by atoms with Crippen LogP contribution < -0.4 is 31.9 Å². The molecule has 4 fully saturated rings. The second kappa shape index (κ2) is 18.5. The molecule has 4 aromatic rings. The monoisotopic (exact) mass is 904 g/mol. The summed E-state index contributed by atoms with van der Waals surface area (Å²) in [5.74, 6) is -0.481. The third-order valence-corrected chi connectivity index (χ3v) is 12.9. The summed E-state index contributed by atoms with van der Waals surface area (Å²) in [5.41, 5.74) is 1.56. The van der Waals surface area contributed by atoms with Crippen LogP contribution in [-0.2, 0) is 9.59 Å². The molecule has 0 radical (unpaired) electrons. The molecule has 336 valence electrons. The minimum atomic E-state index is -1.26. The molecule has 0 spiro atoms. The van der Waals surface area contributed by atoms with E-state index < -0.39 is 73.6 Å². The molecule has 8 atom stereocenters. The highest BCUT2D eigenvalue weighted by molar-refractivity contribution is 6.29. The molecule has 4 amide bonds. The minimum absolute atomic E-state index is 0.0103. The van der Waals surface area contributed by atoms with Crippen LogP contribution >= 0.6 is 23.2 Å². The Hall–Kier alpha value is -4.75. The van der Waals surface area contributed by atoms with E-state index in [2.05, 4.69) is 61.8 Å². The van der Waals surface area contributed by atoms with Gasteiger partial charge in [-0.2, -0.15) is 19.9 Å². The van der Waals surface area contributed by atoms with Gasteiger partial charge >= 0.3 is 6.03 Å². The van der Waals surface area contributed by atoms with Crippen LogP contribution in [0.25, 0.3) is 22.3 Å². The van der Waals surface area contributed by atoms with Crippen molar-refractivity contribution in [3.05, 3.63) is 23.2 Å². The van der Waals surface area contributed by atoms with Gasteiger partial charge < -0.3 is 71.7 Å². The molecule has 4 heterocycles. The lowest BCUT2D eigenvalue weighted by Crippen LogP contribution is -2.49. The number of rotatable bonds is 12. The zero-order chi connectivity index (χ0) is 43.8. The number of hydrogen-bond acceptors (Lipinski definition) is 17. The van der Waals surface area contributed by atoms with E-state index in [9.17, 15) is 34.8 Å². The van der Waals surface area contributed by atoms with Crippen molar-refractivity contribution in [1.29, 1.82) is 0 Å².